The van der Waals surface area contributed by atoms with Crippen LogP contribution in [0, 0.1) is 5.92 Å². The van der Waals surface area contributed by atoms with Crippen LogP contribution in [0.15, 0.2) is 34.7 Å². The normalized spacial score (nSPS) is 19.2. The molecule has 0 saturated heterocycles. The second kappa shape index (κ2) is 5.93. The Balaban J connectivity index is 1.43. The molecule has 1 radical (unpaired) electrons. The Labute approximate surface area is 112 Å². The van der Waals surface area contributed by atoms with Gasteiger partial charge in [0.2, 0.25) is 0 Å². The fraction of sp³-hybridized carbons (Fsp3) is 0.500. The molecule has 1 fully saturated rings. The van der Waals surface area contributed by atoms with Crippen LogP contribution in [0.3, 0.4) is 0 Å². The first-order chi connectivity index (χ1) is 9.42. The van der Waals surface area contributed by atoms with Gasteiger partial charge in [0.15, 0.2) is 11.7 Å². The maximum atomic E-state index is 5.67. The van der Waals surface area contributed by atoms with E-state index >= 15 is 0 Å². The van der Waals surface area contributed by atoms with Crippen LogP contribution in [0.5, 0.6) is 0 Å². The third-order valence-electron chi connectivity index (χ3n) is 3.47. The zero-order chi connectivity index (χ0) is 12.9. The number of rotatable bonds is 5. The number of aromatic nitrogens is 1. The first-order valence-corrected chi connectivity index (χ1v) is 6.76. The molecule has 3 rings (SSSR count). The maximum Gasteiger partial charge on any atom is 0.185 e. The molecule has 0 aromatic carbocycles. The van der Waals surface area contributed by atoms with Crippen molar-refractivity contribution in [3.63, 3.8) is 0 Å². The van der Waals surface area contributed by atoms with E-state index in [0.29, 0.717) is 18.3 Å². The molecule has 99 valence electrons. The summed E-state index contributed by atoms with van der Waals surface area (Å²) in [7, 11) is 0. The molecule has 1 aliphatic heterocycles. The molecule has 0 N–H and O–H groups in total. The van der Waals surface area contributed by atoms with Gasteiger partial charge in [-0.25, -0.2) is 5.32 Å². The lowest BCUT2D eigenvalue weighted by atomic mass is 10.1. The van der Waals surface area contributed by atoms with Gasteiger partial charge in [-0.2, -0.15) is 0 Å². The van der Waals surface area contributed by atoms with Gasteiger partial charge in [-0.05, 0) is 30.9 Å². The third-order valence-corrected chi connectivity index (χ3v) is 3.47. The van der Waals surface area contributed by atoms with E-state index in [-0.39, 0.29) is 0 Å². The quantitative estimate of drug-likeness (QED) is 0.809. The van der Waals surface area contributed by atoms with E-state index in [9.17, 15) is 0 Å². The summed E-state index contributed by atoms with van der Waals surface area (Å²) in [5, 5.41) is 12.5. The van der Waals surface area contributed by atoms with E-state index in [2.05, 4.69) is 20.5 Å². The van der Waals surface area contributed by atoms with Crippen LogP contribution < -0.4 is 5.32 Å². The predicted octanol–water partition coefficient (Wildman–Crippen LogP) is 1.97. The molecule has 0 atom stereocenters. The van der Waals surface area contributed by atoms with Gasteiger partial charge in [-0.15, -0.1) is 10.2 Å². The van der Waals surface area contributed by atoms with Gasteiger partial charge in [0.05, 0.1) is 0 Å². The monoisotopic (exact) mass is 257 g/mol. The Morgan fingerprint density at radius 2 is 2.11 bits per heavy atom. The molecule has 0 spiro atoms. The zero-order valence-electron chi connectivity index (χ0n) is 10.8. The second-order valence-corrected chi connectivity index (χ2v) is 4.96. The highest BCUT2D eigenvalue weighted by Crippen LogP contribution is 2.24. The van der Waals surface area contributed by atoms with Gasteiger partial charge in [-0.3, -0.25) is 4.98 Å². The van der Waals surface area contributed by atoms with E-state index in [0.717, 1.165) is 18.1 Å². The van der Waals surface area contributed by atoms with Crippen LogP contribution in [0.4, 0.5) is 0 Å². The molecule has 2 aliphatic rings. The van der Waals surface area contributed by atoms with Crippen LogP contribution >= 0.6 is 0 Å². The highest BCUT2D eigenvalue weighted by molar-refractivity contribution is 6.11. The summed E-state index contributed by atoms with van der Waals surface area (Å²) in [6, 6.07) is 3.79. The molecule has 0 unspecified atom stereocenters. The summed E-state index contributed by atoms with van der Waals surface area (Å²) in [4.78, 5) is 4.05. The molecular formula is C14H17N4O. The molecule has 5 nitrogen and oxygen atoms in total. The molecule has 1 aromatic rings. The van der Waals surface area contributed by atoms with Crippen molar-refractivity contribution in [2.24, 2.45) is 16.1 Å². The summed E-state index contributed by atoms with van der Waals surface area (Å²) in [5.41, 5.74) is 0.886. The summed E-state index contributed by atoms with van der Waals surface area (Å²) >= 11 is 0. The Hall–Kier alpha value is -1.75. The Bertz CT molecular complexity index is 477. The van der Waals surface area contributed by atoms with Gasteiger partial charge in [0.1, 0.15) is 6.61 Å². The van der Waals surface area contributed by atoms with E-state index in [1.165, 1.54) is 25.7 Å². The van der Waals surface area contributed by atoms with E-state index in [1.54, 1.807) is 12.4 Å². The molecule has 0 amide bonds. The van der Waals surface area contributed by atoms with Crippen molar-refractivity contribution >= 4 is 11.7 Å². The molecule has 1 aliphatic carbocycles. The van der Waals surface area contributed by atoms with Gasteiger partial charge in [-0.1, -0.05) is 12.8 Å². The molecule has 1 saturated carbocycles. The summed E-state index contributed by atoms with van der Waals surface area (Å²) in [6.45, 7) is 1.26. The molecule has 0 bridgehead atoms. The molecule has 2 heterocycles. The second-order valence-electron chi connectivity index (χ2n) is 4.96. The molecule has 19 heavy (non-hydrogen) atoms. The van der Waals surface area contributed by atoms with Crippen LogP contribution in [0.2, 0.25) is 0 Å². The zero-order valence-corrected chi connectivity index (χ0v) is 10.8. The fourth-order valence-electron chi connectivity index (χ4n) is 2.44. The van der Waals surface area contributed by atoms with Crippen molar-refractivity contribution in [1.29, 1.82) is 0 Å². The molecular weight excluding hydrogens is 240 g/mol. The first-order valence-electron chi connectivity index (χ1n) is 6.76. The van der Waals surface area contributed by atoms with E-state index in [4.69, 9.17) is 4.74 Å². The van der Waals surface area contributed by atoms with E-state index < -0.39 is 0 Å². The van der Waals surface area contributed by atoms with Crippen LogP contribution in [-0.2, 0) is 4.74 Å². The smallest absolute Gasteiger partial charge is 0.185 e. The van der Waals surface area contributed by atoms with Crippen molar-refractivity contribution < 1.29 is 4.74 Å². The summed E-state index contributed by atoms with van der Waals surface area (Å²) in [5.74, 6) is 1.99. The van der Waals surface area contributed by atoms with Gasteiger partial charge < -0.3 is 4.74 Å². The van der Waals surface area contributed by atoms with Crippen molar-refractivity contribution in [3.8, 4) is 0 Å². The van der Waals surface area contributed by atoms with Gasteiger partial charge in [0, 0.05) is 24.6 Å². The third kappa shape index (κ3) is 3.17. The Morgan fingerprint density at radius 3 is 2.89 bits per heavy atom. The topological polar surface area (TPSA) is 60.9 Å². The van der Waals surface area contributed by atoms with Crippen molar-refractivity contribution in [2.75, 3.05) is 13.2 Å². The van der Waals surface area contributed by atoms with Gasteiger partial charge in [0.25, 0.3) is 0 Å². The maximum absolute atomic E-state index is 5.67. The highest BCUT2D eigenvalue weighted by atomic mass is 16.5. The molecule has 1 aromatic heterocycles. The van der Waals surface area contributed by atoms with Crippen molar-refractivity contribution in [1.82, 2.24) is 10.3 Å². The van der Waals surface area contributed by atoms with Crippen molar-refractivity contribution in [3.05, 3.63) is 30.1 Å². The Kier molecular flexibility index (Phi) is 3.83. The minimum Gasteiger partial charge on any atom is -0.373 e. The number of pyridine rings is 1. The fourth-order valence-corrected chi connectivity index (χ4v) is 2.44. The average molecular weight is 257 g/mol. The number of hydrogen-bond acceptors (Lipinski definition) is 4. The van der Waals surface area contributed by atoms with Crippen molar-refractivity contribution in [2.45, 2.75) is 25.7 Å². The minimum atomic E-state index is 0.448. The molecule has 5 heteroatoms. The number of ether oxygens (including phenoxy) is 1. The SMILES string of the molecule is c1cncc(C2=NN=C(COCC3CCCC3)[N]2)c1. The van der Waals surface area contributed by atoms with Gasteiger partial charge >= 0.3 is 0 Å². The van der Waals surface area contributed by atoms with Crippen LogP contribution in [-0.4, -0.2) is 29.9 Å². The lowest BCUT2D eigenvalue weighted by molar-refractivity contribution is 0.132. The predicted molar refractivity (Wildman–Crippen MR) is 73.1 cm³/mol. The summed E-state index contributed by atoms with van der Waals surface area (Å²) < 4.78 is 5.67. The number of amidine groups is 2. The lowest BCUT2D eigenvalue weighted by Crippen LogP contribution is -2.24. The van der Waals surface area contributed by atoms with Crippen LogP contribution in [0.1, 0.15) is 31.2 Å². The first kappa shape index (κ1) is 12.3. The Morgan fingerprint density at radius 1 is 1.21 bits per heavy atom. The van der Waals surface area contributed by atoms with Crippen LogP contribution in [0.25, 0.3) is 0 Å². The number of hydrogen-bond donors (Lipinski definition) is 0. The lowest BCUT2D eigenvalue weighted by Gasteiger charge is -2.09. The standard InChI is InChI=1S/C14H17N4O/c1-2-5-11(4-1)9-19-10-13-16-14(18-17-13)12-6-3-7-15-8-12/h3,6-8,11H,1-2,4-5,9-10H2. The van der Waals surface area contributed by atoms with E-state index in [1.807, 2.05) is 12.1 Å². The summed E-state index contributed by atoms with van der Waals surface area (Å²) in [6.07, 6.45) is 8.73. The average Bonchev–Trinajstić information content (AvgIpc) is 3.11. The number of nitrogens with zero attached hydrogens (tertiary/aromatic N) is 4. The highest BCUT2D eigenvalue weighted by Gasteiger charge is 2.18. The minimum absolute atomic E-state index is 0.448. The largest absolute Gasteiger partial charge is 0.373 e.